The van der Waals surface area contributed by atoms with E-state index in [-0.39, 0.29) is 0 Å². The van der Waals surface area contributed by atoms with Crippen molar-refractivity contribution in [3.8, 4) is 0 Å². The predicted molar refractivity (Wildman–Crippen MR) is 31.0 cm³/mol. The fourth-order valence-electron chi connectivity index (χ4n) is 0.322. The highest BCUT2D eigenvalue weighted by Crippen LogP contribution is 1.89. The lowest BCUT2D eigenvalue weighted by Crippen LogP contribution is -2.14. The summed E-state index contributed by atoms with van der Waals surface area (Å²) in [6, 6.07) is 0. The minimum Gasteiger partial charge on any atom is -0.473 e. The van der Waals surface area contributed by atoms with Crippen LogP contribution in [0.25, 0.3) is 0 Å². The monoisotopic (exact) mass is 117 g/mol. The zero-order valence-corrected chi connectivity index (χ0v) is 4.71. The predicted octanol–water partition coefficient (Wildman–Crippen LogP) is -0.186. The third kappa shape index (κ3) is 3.64. The Morgan fingerprint density at radius 2 is 2.50 bits per heavy atom. The van der Waals surface area contributed by atoms with Crippen LogP contribution < -0.4 is 5.73 Å². The molecule has 0 saturated carbocycles. The van der Waals surface area contributed by atoms with Crippen LogP contribution in [0.1, 0.15) is 6.42 Å². The lowest BCUT2D eigenvalue weighted by molar-refractivity contribution is -0.0536. The summed E-state index contributed by atoms with van der Waals surface area (Å²) >= 11 is 0. The van der Waals surface area contributed by atoms with E-state index in [4.69, 9.17) is 10.8 Å². The number of rotatable bonds is 4. The van der Waals surface area contributed by atoms with Crippen LogP contribution in [0.4, 0.5) is 0 Å². The van der Waals surface area contributed by atoms with Gasteiger partial charge in [0, 0.05) is 6.42 Å². The van der Waals surface area contributed by atoms with Crippen LogP contribution in [-0.2, 0) is 4.74 Å². The van der Waals surface area contributed by atoms with Crippen LogP contribution >= 0.6 is 0 Å². The average Bonchev–Trinajstić information content (AvgIpc) is 1.68. The van der Waals surface area contributed by atoms with Gasteiger partial charge in [-0.2, -0.15) is 0 Å². The van der Waals surface area contributed by atoms with Gasteiger partial charge in [-0.15, -0.1) is 0 Å². The van der Waals surface area contributed by atoms with Gasteiger partial charge in [-0.3, -0.25) is 0 Å². The summed E-state index contributed by atoms with van der Waals surface area (Å²) in [5, 5.41) is 8.68. The van der Waals surface area contributed by atoms with Gasteiger partial charge in [-0.1, -0.05) is 6.58 Å². The van der Waals surface area contributed by atoms with Crippen molar-refractivity contribution >= 4 is 0 Å². The molecule has 0 aromatic carbocycles. The van der Waals surface area contributed by atoms with Crippen molar-refractivity contribution in [2.75, 3.05) is 6.54 Å². The summed E-state index contributed by atoms with van der Waals surface area (Å²) in [6.07, 6.45) is 0.865. The number of aliphatic hydroxyl groups is 1. The van der Waals surface area contributed by atoms with E-state index in [9.17, 15) is 0 Å². The van der Waals surface area contributed by atoms with E-state index >= 15 is 0 Å². The first-order valence-corrected chi connectivity index (χ1v) is 2.45. The Balaban J connectivity index is 3.03. The van der Waals surface area contributed by atoms with Crippen molar-refractivity contribution in [3.63, 3.8) is 0 Å². The summed E-state index contributed by atoms with van der Waals surface area (Å²) < 4.78 is 4.52. The van der Waals surface area contributed by atoms with Crippen LogP contribution in [0.5, 0.6) is 0 Å². The summed E-state index contributed by atoms with van der Waals surface area (Å²) in [7, 11) is 0. The van der Waals surface area contributed by atoms with Gasteiger partial charge < -0.3 is 15.6 Å². The maximum Gasteiger partial charge on any atom is 0.197 e. The number of aliphatic hydroxyl groups excluding tert-OH is 1. The molecular formula is C5H11NO2. The van der Waals surface area contributed by atoms with Gasteiger partial charge in [0.2, 0.25) is 0 Å². The molecule has 0 fully saturated rings. The molecule has 0 bridgehead atoms. The third-order valence-corrected chi connectivity index (χ3v) is 0.667. The Labute approximate surface area is 48.8 Å². The van der Waals surface area contributed by atoms with Crippen molar-refractivity contribution in [1.82, 2.24) is 0 Å². The number of hydrogen-bond donors (Lipinski definition) is 2. The molecule has 0 radical (unpaired) electrons. The molecule has 8 heavy (non-hydrogen) atoms. The van der Waals surface area contributed by atoms with Gasteiger partial charge in [-0.25, -0.2) is 0 Å². The molecule has 3 N–H and O–H groups in total. The van der Waals surface area contributed by atoms with Gasteiger partial charge in [0.25, 0.3) is 0 Å². The highest BCUT2D eigenvalue weighted by Gasteiger charge is 1.96. The molecule has 0 saturated heterocycles. The third-order valence-electron chi connectivity index (χ3n) is 0.667. The molecule has 1 unspecified atom stereocenters. The van der Waals surface area contributed by atoms with Crippen molar-refractivity contribution < 1.29 is 9.84 Å². The highest BCUT2D eigenvalue weighted by atomic mass is 16.6. The fraction of sp³-hybridized carbons (Fsp3) is 0.600. The van der Waals surface area contributed by atoms with Gasteiger partial charge in [-0.05, 0) is 6.54 Å². The van der Waals surface area contributed by atoms with Crippen LogP contribution in [0.2, 0.25) is 0 Å². The first-order chi connectivity index (χ1) is 3.81. The van der Waals surface area contributed by atoms with E-state index < -0.39 is 6.29 Å². The first-order valence-electron chi connectivity index (χ1n) is 2.45. The normalized spacial score (nSPS) is 12.8. The molecule has 0 amide bonds. The van der Waals surface area contributed by atoms with Crippen LogP contribution in [0.15, 0.2) is 12.8 Å². The molecule has 0 aromatic rings. The highest BCUT2D eigenvalue weighted by molar-refractivity contribution is 4.51. The molecule has 48 valence electrons. The van der Waals surface area contributed by atoms with E-state index in [1.807, 2.05) is 0 Å². The molecule has 3 heteroatoms. The second-order valence-electron chi connectivity index (χ2n) is 1.33. The lowest BCUT2D eigenvalue weighted by Gasteiger charge is -2.06. The Hall–Kier alpha value is -0.540. The van der Waals surface area contributed by atoms with E-state index in [0.29, 0.717) is 13.0 Å². The minimum atomic E-state index is -0.780. The Morgan fingerprint density at radius 1 is 1.88 bits per heavy atom. The van der Waals surface area contributed by atoms with Gasteiger partial charge >= 0.3 is 0 Å². The molecule has 0 heterocycles. The van der Waals surface area contributed by atoms with Crippen LogP contribution in [0, 0.1) is 0 Å². The first kappa shape index (κ1) is 7.46. The van der Waals surface area contributed by atoms with E-state index in [2.05, 4.69) is 11.3 Å². The van der Waals surface area contributed by atoms with Gasteiger partial charge in [0.15, 0.2) is 6.29 Å². The molecule has 3 nitrogen and oxygen atoms in total. The van der Waals surface area contributed by atoms with Crippen molar-refractivity contribution in [1.29, 1.82) is 0 Å². The quantitative estimate of drug-likeness (QED) is 0.396. The molecule has 0 spiro atoms. The van der Waals surface area contributed by atoms with Crippen LogP contribution in [0.3, 0.4) is 0 Å². The van der Waals surface area contributed by atoms with Crippen LogP contribution in [-0.4, -0.2) is 17.9 Å². The molecule has 0 aromatic heterocycles. The molecular weight excluding hydrogens is 106 g/mol. The summed E-state index contributed by atoms with van der Waals surface area (Å²) in [4.78, 5) is 0. The Morgan fingerprint density at radius 3 is 2.88 bits per heavy atom. The van der Waals surface area contributed by atoms with E-state index in [1.54, 1.807) is 0 Å². The Bertz CT molecular complexity index is 65.4. The summed E-state index contributed by atoms with van der Waals surface area (Å²) in [5.74, 6) is 0. The number of hydrogen-bond acceptors (Lipinski definition) is 3. The zero-order chi connectivity index (χ0) is 6.41. The maximum atomic E-state index is 8.68. The maximum absolute atomic E-state index is 8.68. The second kappa shape index (κ2) is 4.61. The smallest absolute Gasteiger partial charge is 0.197 e. The largest absolute Gasteiger partial charge is 0.473 e. The minimum absolute atomic E-state index is 0.426. The lowest BCUT2D eigenvalue weighted by atomic mass is 10.4. The summed E-state index contributed by atoms with van der Waals surface area (Å²) in [6.45, 7) is 3.69. The fourth-order valence-corrected chi connectivity index (χ4v) is 0.322. The SMILES string of the molecule is C=COC(O)CCN. The topological polar surface area (TPSA) is 55.5 Å². The zero-order valence-electron chi connectivity index (χ0n) is 4.71. The Kier molecular flexibility index (Phi) is 4.30. The number of nitrogens with two attached hydrogens (primary N) is 1. The van der Waals surface area contributed by atoms with Gasteiger partial charge in [0.05, 0.1) is 6.26 Å². The number of ether oxygens (including phenoxy) is 1. The average molecular weight is 117 g/mol. The molecule has 0 aliphatic rings. The standard InChI is InChI=1S/C5H11NO2/c1-2-8-5(7)3-4-6/h2,5,7H,1,3-4,6H2. The van der Waals surface area contributed by atoms with E-state index in [0.717, 1.165) is 0 Å². The molecule has 0 aliphatic heterocycles. The van der Waals surface area contributed by atoms with Crippen molar-refractivity contribution in [2.45, 2.75) is 12.7 Å². The second-order valence-corrected chi connectivity index (χ2v) is 1.33. The summed E-state index contributed by atoms with van der Waals surface area (Å²) in [5.41, 5.74) is 5.09. The van der Waals surface area contributed by atoms with Crippen molar-refractivity contribution in [2.24, 2.45) is 5.73 Å². The molecule has 0 rings (SSSR count). The van der Waals surface area contributed by atoms with E-state index in [1.165, 1.54) is 6.26 Å². The molecule has 1 atom stereocenters. The van der Waals surface area contributed by atoms with Crippen molar-refractivity contribution in [3.05, 3.63) is 12.8 Å². The van der Waals surface area contributed by atoms with Gasteiger partial charge in [0.1, 0.15) is 0 Å². The molecule has 0 aliphatic carbocycles.